The van der Waals surface area contributed by atoms with Crippen molar-refractivity contribution in [2.75, 3.05) is 5.32 Å². The molecule has 2 amide bonds. The number of rotatable bonds is 5. The lowest BCUT2D eigenvalue weighted by molar-refractivity contribution is -0.147. The van der Waals surface area contributed by atoms with Crippen molar-refractivity contribution < 1.29 is 19.5 Å². The Morgan fingerprint density at radius 1 is 1.19 bits per heavy atom. The predicted molar refractivity (Wildman–Crippen MR) is 100 cm³/mol. The Kier molecular flexibility index (Phi) is 5.65. The average Bonchev–Trinajstić information content (AvgIpc) is 2.98. The van der Waals surface area contributed by atoms with Crippen molar-refractivity contribution in [2.45, 2.75) is 58.3 Å². The van der Waals surface area contributed by atoms with Crippen molar-refractivity contribution >= 4 is 34.1 Å². The van der Waals surface area contributed by atoms with Gasteiger partial charge in [-0.1, -0.05) is 26.2 Å². The van der Waals surface area contributed by atoms with Gasteiger partial charge in [-0.25, -0.2) is 0 Å². The number of aliphatic carboxylic acids is 1. The zero-order valence-corrected chi connectivity index (χ0v) is 15.9. The number of thiophene rings is 1. The zero-order valence-electron chi connectivity index (χ0n) is 15.0. The molecule has 2 aliphatic carbocycles. The zero-order chi connectivity index (χ0) is 18.8. The van der Waals surface area contributed by atoms with Crippen LogP contribution in [0.4, 0.5) is 5.00 Å². The van der Waals surface area contributed by atoms with Crippen LogP contribution in [0, 0.1) is 17.8 Å². The Hall–Kier alpha value is -1.89. The summed E-state index contributed by atoms with van der Waals surface area (Å²) in [4.78, 5) is 37.4. The number of carbonyl (C=O) groups is 3. The first-order chi connectivity index (χ1) is 12.4. The highest BCUT2D eigenvalue weighted by Crippen LogP contribution is 2.41. The molecule has 3 rings (SSSR count). The fourth-order valence-electron chi connectivity index (χ4n) is 4.30. The first-order valence-corrected chi connectivity index (χ1v) is 10.2. The van der Waals surface area contributed by atoms with Gasteiger partial charge in [0, 0.05) is 4.88 Å². The number of primary amides is 1. The molecule has 0 aromatic carbocycles. The molecule has 0 spiro atoms. The Balaban J connectivity index is 1.85. The van der Waals surface area contributed by atoms with E-state index in [-0.39, 0.29) is 5.91 Å². The normalized spacial score (nSPS) is 25.3. The van der Waals surface area contributed by atoms with Crippen LogP contribution in [0.25, 0.3) is 0 Å². The van der Waals surface area contributed by atoms with Crippen LogP contribution in [0.1, 0.15) is 66.2 Å². The fourth-order valence-corrected chi connectivity index (χ4v) is 5.67. The molecule has 1 heterocycles. The largest absolute Gasteiger partial charge is 0.481 e. The van der Waals surface area contributed by atoms with Gasteiger partial charge in [-0.3, -0.25) is 14.4 Å². The lowest BCUT2D eigenvalue weighted by Gasteiger charge is -2.27. The highest BCUT2D eigenvalue weighted by molar-refractivity contribution is 7.17. The number of anilines is 1. The van der Waals surface area contributed by atoms with Crippen LogP contribution in [-0.2, 0) is 22.4 Å². The van der Waals surface area contributed by atoms with Gasteiger partial charge in [0.15, 0.2) is 0 Å². The van der Waals surface area contributed by atoms with Gasteiger partial charge in [0.2, 0.25) is 5.91 Å². The van der Waals surface area contributed by atoms with Gasteiger partial charge in [-0.2, -0.15) is 0 Å². The van der Waals surface area contributed by atoms with Crippen molar-refractivity contribution in [3.8, 4) is 0 Å². The Morgan fingerprint density at radius 2 is 1.88 bits per heavy atom. The molecule has 1 aromatic rings. The maximum absolute atomic E-state index is 12.8. The van der Waals surface area contributed by atoms with Gasteiger partial charge in [0.1, 0.15) is 5.00 Å². The number of hydrogen-bond donors (Lipinski definition) is 3. The maximum atomic E-state index is 12.8. The molecule has 0 aliphatic heterocycles. The SMILES string of the molecule is CC[C@@H]1CCc2c(sc(NC(=O)[C@H]3CCCC[C@H]3C(=O)O)c2C(N)=O)C1. The van der Waals surface area contributed by atoms with E-state index in [1.54, 1.807) is 0 Å². The van der Waals surface area contributed by atoms with Gasteiger partial charge >= 0.3 is 5.97 Å². The summed E-state index contributed by atoms with van der Waals surface area (Å²) in [5, 5.41) is 12.8. The topological polar surface area (TPSA) is 109 Å². The summed E-state index contributed by atoms with van der Waals surface area (Å²) in [5.74, 6) is -2.35. The molecule has 0 bridgehead atoms. The molecule has 7 heteroatoms. The molecule has 1 fully saturated rings. The number of hydrogen-bond acceptors (Lipinski definition) is 4. The summed E-state index contributed by atoms with van der Waals surface area (Å²) in [6, 6.07) is 0. The van der Waals surface area contributed by atoms with Crippen LogP contribution < -0.4 is 11.1 Å². The lowest BCUT2D eigenvalue weighted by atomic mass is 9.78. The molecular formula is C19H26N2O4S. The molecule has 1 aromatic heterocycles. The van der Waals surface area contributed by atoms with E-state index in [2.05, 4.69) is 12.2 Å². The molecular weight excluding hydrogens is 352 g/mol. The summed E-state index contributed by atoms with van der Waals surface area (Å²) in [7, 11) is 0. The van der Waals surface area contributed by atoms with E-state index in [1.165, 1.54) is 11.3 Å². The molecule has 142 valence electrons. The third kappa shape index (κ3) is 3.63. The standard InChI is InChI=1S/C19H26N2O4S/c1-2-10-7-8-13-14(9-10)26-18(15(13)16(20)22)21-17(23)11-5-3-4-6-12(11)19(24)25/h10-12H,2-9H2,1H3,(H2,20,22)(H,21,23)(H,24,25)/t10-,11+,12-/m1/s1. The second-order valence-corrected chi connectivity index (χ2v) is 8.52. The minimum atomic E-state index is -0.920. The fraction of sp³-hybridized carbons (Fsp3) is 0.632. The smallest absolute Gasteiger partial charge is 0.307 e. The number of carboxylic acid groups (broad SMARTS) is 1. The van der Waals surface area contributed by atoms with E-state index in [9.17, 15) is 19.5 Å². The van der Waals surface area contributed by atoms with Crippen LogP contribution in [-0.4, -0.2) is 22.9 Å². The Morgan fingerprint density at radius 3 is 2.50 bits per heavy atom. The van der Waals surface area contributed by atoms with Gasteiger partial charge < -0.3 is 16.2 Å². The van der Waals surface area contributed by atoms with Gasteiger partial charge in [-0.05, 0) is 43.6 Å². The first kappa shape index (κ1) is 18.9. The van der Waals surface area contributed by atoms with Crippen molar-refractivity contribution in [1.29, 1.82) is 0 Å². The van der Waals surface area contributed by atoms with Crippen LogP contribution >= 0.6 is 11.3 Å². The molecule has 4 N–H and O–H groups in total. The number of carbonyl (C=O) groups excluding carboxylic acids is 2. The van der Waals surface area contributed by atoms with Gasteiger partial charge in [-0.15, -0.1) is 11.3 Å². The number of fused-ring (bicyclic) bond motifs is 1. The van der Waals surface area contributed by atoms with E-state index >= 15 is 0 Å². The summed E-state index contributed by atoms with van der Waals surface area (Å²) in [6.45, 7) is 2.16. The van der Waals surface area contributed by atoms with Crippen molar-refractivity contribution in [2.24, 2.45) is 23.5 Å². The Labute approximate surface area is 157 Å². The number of amides is 2. The second kappa shape index (κ2) is 7.78. The first-order valence-electron chi connectivity index (χ1n) is 9.40. The highest BCUT2D eigenvalue weighted by atomic mass is 32.1. The minimum absolute atomic E-state index is 0.301. The van der Waals surface area contributed by atoms with Crippen LogP contribution in [0.15, 0.2) is 0 Å². The van der Waals surface area contributed by atoms with E-state index in [4.69, 9.17) is 5.73 Å². The van der Waals surface area contributed by atoms with E-state index < -0.39 is 23.7 Å². The number of nitrogens with one attached hydrogen (secondary N) is 1. The molecule has 26 heavy (non-hydrogen) atoms. The third-order valence-electron chi connectivity index (χ3n) is 5.85. The molecule has 3 atom stereocenters. The van der Waals surface area contributed by atoms with Crippen LogP contribution in [0.5, 0.6) is 0 Å². The molecule has 0 radical (unpaired) electrons. The minimum Gasteiger partial charge on any atom is -0.481 e. The molecule has 1 saturated carbocycles. The number of nitrogens with two attached hydrogens (primary N) is 1. The van der Waals surface area contributed by atoms with E-state index in [1.807, 2.05) is 0 Å². The van der Waals surface area contributed by atoms with Crippen LogP contribution in [0.2, 0.25) is 0 Å². The summed E-state index contributed by atoms with van der Waals surface area (Å²) < 4.78 is 0. The predicted octanol–water partition coefficient (Wildman–Crippen LogP) is 3.19. The van der Waals surface area contributed by atoms with Gasteiger partial charge in [0.25, 0.3) is 5.91 Å². The molecule has 0 unspecified atom stereocenters. The van der Waals surface area contributed by atoms with Crippen LogP contribution in [0.3, 0.4) is 0 Å². The number of carboxylic acids is 1. The molecule has 6 nitrogen and oxygen atoms in total. The quantitative estimate of drug-likeness (QED) is 0.731. The maximum Gasteiger partial charge on any atom is 0.307 e. The Bertz CT molecular complexity index is 727. The monoisotopic (exact) mass is 378 g/mol. The van der Waals surface area contributed by atoms with Gasteiger partial charge in [0.05, 0.1) is 17.4 Å². The second-order valence-electron chi connectivity index (χ2n) is 7.41. The molecule has 0 saturated heterocycles. The summed E-state index contributed by atoms with van der Waals surface area (Å²) in [6.07, 6.45) is 6.61. The van der Waals surface area contributed by atoms with E-state index in [0.717, 1.165) is 49.0 Å². The van der Waals surface area contributed by atoms with Crippen molar-refractivity contribution in [3.05, 3.63) is 16.0 Å². The van der Waals surface area contributed by atoms with Crippen molar-refractivity contribution in [1.82, 2.24) is 0 Å². The lowest BCUT2D eigenvalue weighted by Crippen LogP contribution is -2.36. The average molecular weight is 378 g/mol. The van der Waals surface area contributed by atoms with E-state index in [0.29, 0.717) is 29.3 Å². The van der Waals surface area contributed by atoms with Crippen molar-refractivity contribution in [3.63, 3.8) is 0 Å². The molecule has 2 aliphatic rings. The summed E-state index contributed by atoms with van der Waals surface area (Å²) >= 11 is 1.43. The highest BCUT2D eigenvalue weighted by Gasteiger charge is 2.37. The summed E-state index contributed by atoms with van der Waals surface area (Å²) in [5.41, 5.74) is 7.00. The third-order valence-corrected chi connectivity index (χ3v) is 7.02.